The van der Waals surface area contributed by atoms with Crippen LogP contribution in [-0.4, -0.2) is 53.5 Å². The van der Waals surface area contributed by atoms with Crippen LogP contribution in [0.5, 0.6) is 0 Å². The van der Waals surface area contributed by atoms with Crippen molar-refractivity contribution in [1.82, 2.24) is 0 Å². The van der Waals surface area contributed by atoms with Crippen molar-refractivity contribution in [3.8, 4) is 0 Å². The molecule has 0 saturated heterocycles. The van der Waals surface area contributed by atoms with E-state index in [1.165, 1.54) is 13.1 Å². The molecule has 0 aliphatic carbocycles. The van der Waals surface area contributed by atoms with Gasteiger partial charge < -0.3 is 20.5 Å². The van der Waals surface area contributed by atoms with Crippen molar-refractivity contribution in [1.29, 1.82) is 0 Å². The molecule has 0 atom stereocenters. The van der Waals surface area contributed by atoms with Crippen LogP contribution in [0.25, 0.3) is 11.1 Å². The van der Waals surface area contributed by atoms with E-state index in [9.17, 15) is 9.59 Å². The molecule has 8 nitrogen and oxygen atoms in total. The highest BCUT2D eigenvalue weighted by molar-refractivity contribution is 7.32. The molecule has 0 aliphatic rings. The summed E-state index contributed by atoms with van der Waals surface area (Å²) in [5.41, 5.74) is 17.9. The van der Waals surface area contributed by atoms with E-state index in [0.717, 1.165) is 0 Å². The normalized spacial score (nSPS) is 9.89. The third-order valence-corrected chi connectivity index (χ3v) is 5.30. The average molecular weight is 284 g/mol. The Bertz CT molecular complexity index is 434. The molecule has 0 aliphatic heterocycles. The SMILES string of the molecule is CCOC(=O)C(=[N+]=[N-])[Si](C)(C)C(=[N+]=[N-])C(=O)OCC. The molecule has 0 radical (unpaired) electrons. The van der Waals surface area contributed by atoms with Gasteiger partial charge >= 0.3 is 30.7 Å². The van der Waals surface area contributed by atoms with Crippen molar-refractivity contribution in [2.45, 2.75) is 26.9 Å². The largest absolute Gasteiger partial charge is 0.458 e. The van der Waals surface area contributed by atoms with Crippen molar-refractivity contribution < 1.29 is 28.6 Å². The minimum atomic E-state index is -3.11. The third kappa shape index (κ3) is 3.96. The molecular weight excluding hydrogens is 268 g/mol. The summed E-state index contributed by atoms with van der Waals surface area (Å²) in [6.07, 6.45) is 0. The highest BCUT2D eigenvalue weighted by atomic mass is 28.3. The zero-order chi connectivity index (χ0) is 15.1. The number of nitrogens with zero attached hydrogens (tertiary/aromatic N) is 4. The minimum absolute atomic E-state index is 0.0906. The van der Waals surface area contributed by atoms with Gasteiger partial charge in [-0.1, -0.05) is 0 Å². The third-order valence-electron chi connectivity index (χ3n) is 2.32. The Hall–Kier alpha value is -2.08. The van der Waals surface area contributed by atoms with E-state index in [2.05, 4.69) is 9.58 Å². The highest BCUT2D eigenvalue weighted by Crippen LogP contribution is 2.08. The molecule has 0 heterocycles. The molecule has 0 amide bonds. The number of hydrogen-bond donors (Lipinski definition) is 0. The van der Waals surface area contributed by atoms with Crippen LogP contribution in [0.3, 0.4) is 0 Å². The lowest BCUT2D eigenvalue weighted by Gasteiger charge is -2.10. The Morgan fingerprint density at radius 2 is 1.26 bits per heavy atom. The Morgan fingerprint density at radius 3 is 1.47 bits per heavy atom. The molecule has 0 aromatic heterocycles. The first-order chi connectivity index (χ1) is 8.86. The standard InChI is InChI=1S/C10H16N4O4Si/c1-5-17-9(15)7(13-11)19(3,4)8(14-12)10(16)18-6-2/h5-6H2,1-4H3. The van der Waals surface area contributed by atoms with Gasteiger partial charge in [0.15, 0.2) is 0 Å². The zero-order valence-electron chi connectivity index (χ0n) is 11.3. The summed E-state index contributed by atoms with van der Waals surface area (Å²) >= 11 is 0. The molecule has 9 heteroatoms. The molecule has 0 bridgehead atoms. The quantitative estimate of drug-likeness (QED) is 0.228. The number of hydrogen-bond acceptors (Lipinski definition) is 4. The summed E-state index contributed by atoms with van der Waals surface area (Å²) in [7, 11) is -3.11. The molecule has 0 fully saturated rings. The van der Waals surface area contributed by atoms with Gasteiger partial charge in [0.2, 0.25) is 0 Å². The second-order valence-corrected chi connectivity index (χ2v) is 8.16. The van der Waals surface area contributed by atoms with Crippen LogP contribution in [0, 0.1) is 0 Å². The van der Waals surface area contributed by atoms with E-state index >= 15 is 0 Å². The van der Waals surface area contributed by atoms with Gasteiger partial charge in [-0.2, -0.15) is 9.58 Å². The molecule has 0 rings (SSSR count). The summed E-state index contributed by atoms with van der Waals surface area (Å²) in [5.74, 6) is -1.71. The Labute approximate surface area is 111 Å². The molecule has 0 unspecified atom stereocenters. The molecule has 0 saturated carbocycles. The van der Waals surface area contributed by atoms with Crippen LogP contribution < -0.4 is 0 Å². The van der Waals surface area contributed by atoms with Gasteiger partial charge in [-0.3, -0.25) is 0 Å². The fourth-order valence-electron chi connectivity index (χ4n) is 1.35. The van der Waals surface area contributed by atoms with Gasteiger partial charge in [-0.15, -0.1) is 0 Å². The number of ether oxygens (including phenoxy) is 2. The Morgan fingerprint density at radius 1 is 0.947 bits per heavy atom. The van der Waals surface area contributed by atoms with Gasteiger partial charge in [-0.25, -0.2) is 9.59 Å². The topological polar surface area (TPSA) is 125 Å². The number of esters is 2. The van der Waals surface area contributed by atoms with E-state index in [1.54, 1.807) is 13.8 Å². The maximum atomic E-state index is 11.7. The second kappa shape index (κ2) is 7.37. The second-order valence-electron chi connectivity index (χ2n) is 3.96. The van der Waals surface area contributed by atoms with Gasteiger partial charge in [0.1, 0.15) is 0 Å². The predicted octanol–water partition coefficient (Wildman–Crippen LogP) is 0.241. The van der Waals surface area contributed by atoms with E-state index < -0.39 is 20.0 Å². The van der Waals surface area contributed by atoms with Crippen molar-refractivity contribution >= 4 is 30.7 Å². The molecule has 0 N–H and O–H groups in total. The van der Waals surface area contributed by atoms with Crippen molar-refractivity contribution in [3.63, 3.8) is 0 Å². The summed E-state index contributed by atoms with van der Waals surface area (Å²) in [5, 5.41) is -0.648. The van der Waals surface area contributed by atoms with Crippen molar-refractivity contribution in [2.75, 3.05) is 13.2 Å². The molecule has 0 spiro atoms. The summed E-state index contributed by atoms with van der Waals surface area (Å²) in [4.78, 5) is 29.1. The van der Waals surface area contributed by atoms with E-state index in [4.69, 9.17) is 20.5 Å². The predicted molar refractivity (Wildman–Crippen MR) is 68.0 cm³/mol. The summed E-state index contributed by atoms with van der Waals surface area (Å²) < 4.78 is 9.46. The lowest BCUT2D eigenvalue weighted by atomic mass is 10.7. The average Bonchev–Trinajstić information content (AvgIpc) is 2.30. The van der Waals surface area contributed by atoms with Crippen LogP contribution in [0.4, 0.5) is 0 Å². The first kappa shape index (κ1) is 16.9. The van der Waals surface area contributed by atoms with Crippen LogP contribution in [-0.2, 0) is 19.1 Å². The fourth-order valence-corrected chi connectivity index (χ4v) is 3.24. The van der Waals surface area contributed by atoms with Crippen molar-refractivity contribution in [3.05, 3.63) is 11.1 Å². The molecular formula is C10H16N4O4Si. The zero-order valence-corrected chi connectivity index (χ0v) is 12.3. The smallest absolute Gasteiger partial charge is 0.410 e. The number of carbonyl (C=O) groups is 2. The number of rotatable bonds is 6. The van der Waals surface area contributed by atoms with E-state index in [-0.39, 0.29) is 23.9 Å². The molecule has 104 valence electrons. The fraction of sp³-hybridized carbons (Fsp3) is 0.600. The van der Waals surface area contributed by atoms with Crippen LogP contribution in [0.1, 0.15) is 13.8 Å². The lowest BCUT2D eigenvalue weighted by Crippen LogP contribution is -2.55. The monoisotopic (exact) mass is 284 g/mol. The lowest BCUT2D eigenvalue weighted by molar-refractivity contribution is -0.139. The van der Waals surface area contributed by atoms with Gasteiger partial charge in [0.05, 0.1) is 13.2 Å². The van der Waals surface area contributed by atoms with Gasteiger partial charge in [0.25, 0.3) is 0 Å². The Balaban J connectivity index is 5.56. The van der Waals surface area contributed by atoms with E-state index in [0.29, 0.717) is 0 Å². The first-order valence-corrected chi connectivity index (χ1v) is 8.66. The van der Waals surface area contributed by atoms with Crippen LogP contribution in [0.15, 0.2) is 0 Å². The van der Waals surface area contributed by atoms with Crippen LogP contribution in [0.2, 0.25) is 13.1 Å². The maximum Gasteiger partial charge on any atom is 0.410 e. The van der Waals surface area contributed by atoms with Crippen LogP contribution >= 0.6 is 0 Å². The molecule has 0 aromatic carbocycles. The molecule has 19 heavy (non-hydrogen) atoms. The number of carbonyl (C=O) groups excluding carboxylic acids is 2. The summed E-state index contributed by atoms with van der Waals surface area (Å²) in [6, 6.07) is 0. The van der Waals surface area contributed by atoms with E-state index in [1.807, 2.05) is 0 Å². The van der Waals surface area contributed by atoms with Gasteiger partial charge in [0, 0.05) is 0 Å². The Kier molecular flexibility index (Phi) is 6.56. The molecule has 0 aromatic rings. The first-order valence-electron chi connectivity index (χ1n) is 5.66. The summed E-state index contributed by atoms with van der Waals surface area (Å²) in [6.45, 7) is 6.37. The van der Waals surface area contributed by atoms with Crippen molar-refractivity contribution in [2.24, 2.45) is 0 Å². The van der Waals surface area contributed by atoms with Gasteiger partial charge in [-0.05, 0) is 26.9 Å². The highest BCUT2D eigenvalue weighted by Gasteiger charge is 2.57. The maximum absolute atomic E-state index is 11.7. The minimum Gasteiger partial charge on any atom is -0.458 e.